The van der Waals surface area contributed by atoms with Crippen molar-refractivity contribution < 1.29 is 13.9 Å². The molecule has 2 aromatic carbocycles. The van der Waals surface area contributed by atoms with Gasteiger partial charge in [-0.3, -0.25) is 5.32 Å². The zero-order valence-electron chi connectivity index (χ0n) is 15.3. The molecule has 1 amide bonds. The van der Waals surface area contributed by atoms with Crippen molar-refractivity contribution in [1.82, 2.24) is 0 Å². The number of carbonyl (C=O) groups excluding carboxylic acids is 1. The van der Waals surface area contributed by atoms with Gasteiger partial charge < -0.3 is 10.1 Å². The Morgan fingerprint density at radius 3 is 2.48 bits per heavy atom. The lowest BCUT2D eigenvalue weighted by molar-refractivity contribution is 0.0636. The van der Waals surface area contributed by atoms with Crippen LogP contribution in [-0.2, 0) is 4.74 Å². The quantitative estimate of drug-likeness (QED) is 0.753. The molecule has 5 heteroatoms. The molecule has 0 aliphatic carbocycles. The Morgan fingerprint density at radius 2 is 1.84 bits per heavy atom. The number of aryl methyl sites for hydroxylation is 1. The number of halogens is 1. The summed E-state index contributed by atoms with van der Waals surface area (Å²) in [6, 6.07) is 12.2. The summed E-state index contributed by atoms with van der Waals surface area (Å²) < 4.78 is 18.9. The molecule has 0 aliphatic rings. The number of benzene rings is 2. The molecule has 134 valence electrons. The van der Waals surface area contributed by atoms with Crippen LogP contribution < -0.4 is 10.6 Å². The monoisotopic (exact) mass is 344 g/mol. The fourth-order valence-electron chi connectivity index (χ4n) is 2.41. The smallest absolute Gasteiger partial charge is 0.412 e. The topological polar surface area (TPSA) is 50.4 Å². The summed E-state index contributed by atoms with van der Waals surface area (Å²) in [5, 5.41) is 5.92. The number of rotatable bonds is 4. The Balaban J connectivity index is 2.19. The van der Waals surface area contributed by atoms with Crippen molar-refractivity contribution in [3.8, 4) is 0 Å². The first-order valence-corrected chi connectivity index (χ1v) is 8.27. The second kappa shape index (κ2) is 7.55. The van der Waals surface area contributed by atoms with Crippen molar-refractivity contribution in [3.63, 3.8) is 0 Å². The van der Waals surface area contributed by atoms with Crippen molar-refractivity contribution in [3.05, 3.63) is 59.4 Å². The number of nitrogens with one attached hydrogen (secondary N) is 2. The molecular formula is C20H25FN2O2. The molecule has 0 fully saturated rings. The van der Waals surface area contributed by atoms with E-state index in [0.717, 1.165) is 11.1 Å². The lowest BCUT2D eigenvalue weighted by Crippen LogP contribution is -2.27. The van der Waals surface area contributed by atoms with Crippen LogP contribution in [0.2, 0.25) is 0 Å². The summed E-state index contributed by atoms with van der Waals surface area (Å²) in [7, 11) is 0. The van der Waals surface area contributed by atoms with E-state index in [4.69, 9.17) is 4.74 Å². The molecule has 2 rings (SSSR count). The number of ether oxygens (including phenoxy) is 1. The summed E-state index contributed by atoms with van der Waals surface area (Å²) in [5.41, 5.74) is 2.59. The van der Waals surface area contributed by atoms with Gasteiger partial charge in [0.15, 0.2) is 0 Å². The van der Waals surface area contributed by atoms with Gasteiger partial charge in [0.2, 0.25) is 0 Å². The highest BCUT2D eigenvalue weighted by Gasteiger charge is 2.18. The Bertz CT molecular complexity index is 754. The number of anilines is 2. The van der Waals surface area contributed by atoms with Gasteiger partial charge in [-0.2, -0.15) is 0 Å². The first-order chi connectivity index (χ1) is 11.6. The van der Waals surface area contributed by atoms with Crippen LogP contribution in [0.4, 0.5) is 20.6 Å². The molecule has 25 heavy (non-hydrogen) atoms. The van der Waals surface area contributed by atoms with E-state index in [-0.39, 0.29) is 11.9 Å². The molecule has 0 saturated heterocycles. The van der Waals surface area contributed by atoms with Crippen LogP contribution in [0, 0.1) is 12.7 Å². The minimum atomic E-state index is -0.605. The standard InChI is InChI=1S/C20H25FN2O2/c1-13-7-6-8-15(11-13)14(2)22-18-12-16(21)9-10-17(18)23-19(24)25-20(3,4)5/h6-12,14,22H,1-5H3,(H,23,24). The van der Waals surface area contributed by atoms with Crippen LogP contribution in [0.15, 0.2) is 42.5 Å². The van der Waals surface area contributed by atoms with E-state index in [1.807, 2.05) is 32.0 Å². The SMILES string of the molecule is Cc1cccc(C(C)Nc2cc(F)ccc2NC(=O)OC(C)(C)C)c1. The third-order valence-corrected chi connectivity index (χ3v) is 3.53. The van der Waals surface area contributed by atoms with Gasteiger partial charge in [0, 0.05) is 6.04 Å². The highest BCUT2D eigenvalue weighted by atomic mass is 19.1. The highest BCUT2D eigenvalue weighted by molar-refractivity contribution is 5.89. The molecule has 0 aromatic heterocycles. The van der Waals surface area contributed by atoms with Crippen LogP contribution >= 0.6 is 0 Å². The Kier molecular flexibility index (Phi) is 5.67. The van der Waals surface area contributed by atoms with Crippen molar-refractivity contribution in [2.75, 3.05) is 10.6 Å². The van der Waals surface area contributed by atoms with Gasteiger partial charge in [-0.15, -0.1) is 0 Å². The summed E-state index contributed by atoms with van der Waals surface area (Å²) >= 11 is 0. The second-order valence-electron chi connectivity index (χ2n) is 7.10. The predicted octanol–water partition coefficient (Wildman–Crippen LogP) is 5.65. The molecule has 1 unspecified atom stereocenters. The predicted molar refractivity (Wildman–Crippen MR) is 99.5 cm³/mol. The first-order valence-electron chi connectivity index (χ1n) is 8.27. The maximum Gasteiger partial charge on any atom is 0.412 e. The Hall–Kier alpha value is -2.56. The number of hydrogen-bond donors (Lipinski definition) is 2. The normalized spacial score (nSPS) is 12.4. The van der Waals surface area contributed by atoms with E-state index in [0.29, 0.717) is 11.4 Å². The van der Waals surface area contributed by atoms with Crippen LogP contribution in [0.3, 0.4) is 0 Å². The van der Waals surface area contributed by atoms with Gasteiger partial charge in [-0.1, -0.05) is 29.8 Å². The minimum Gasteiger partial charge on any atom is -0.444 e. The summed E-state index contributed by atoms with van der Waals surface area (Å²) in [4.78, 5) is 12.0. The molecular weight excluding hydrogens is 319 g/mol. The fourth-order valence-corrected chi connectivity index (χ4v) is 2.41. The number of amides is 1. The molecule has 0 spiro atoms. The molecule has 0 heterocycles. The minimum absolute atomic E-state index is 0.0547. The molecule has 0 radical (unpaired) electrons. The van der Waals surface area contributed by atoms with Crippen molar-refractivity contribution in [2.24, 2.45) is 0 Å². The molecule has 2 aromatic rings. The van der Waals surface area contributed by atoms with Crippen LogP contribution in [0.5, 0.6) is 0 Å². The largest absolute Gasteiger partial charge is 0.444 e. The van der Waals surface area contributed by atoms with E-state index < -0.39 is 11.7 Å². The third-order valence-electron chi connectivity index (χ3n) is 3.53. The van der Waals surface area contributed by atoms with Crippen molar-refractivity contribution in [2.45, 2.75) is 46.3 Å². The fraction of sp³-hybridized carbons (Fsp3) is 0.350. The first kappa shape index (κ1) is 18.8. The van der Waals surface area contributed by atoms with Gasteiger partial charge in [0.05, 0.1) is 11.4 Å². The van der Waals surface area contributed by atoms with E-state index in [2.05, 4.69) is 16.7 Å². The molecule has 4 nitrogen and oxygen atoms in total. The lowest BCUT2D eigenvalue weighted by Gasteiger charge is -2.22. The third kappa shape index (κ3) is 5.78. The van der Waals surface area contributed by atoms with Crippen molar-refractivity contribution >= 4 is 17.5 Å². The van der Waals surface area contributed by atoms with E-state index in [9.17, 15) is 9.18 Å². The summed E-state index contributed by atoms with van der Waals surface area (Å²) in [6.07, 6.45) is -0.578. The Labute approximate surface area is 148 Å². The highest BCUT2D eigenvalue weighted by Crippen LogP contribution is 2.28. The maximum atomic E-state index is 13.7. The molecule has 2 N–H and O–H groups in total. The van der Waals surface area contributed by atoms with Gasteiger partial charge in [-0.05, 0) is 58.4 Å². The molecule has 0 bridgehead atoms. The van der Waals surface area contributed by atoms with Gasteiger partial charge in [0.1, 0.15) is 11.4 Å². The average Bonchev–Trinajstić information content (AvgIpc) is 2.48. The van der Waals surface area contributed by atoms with Crippen LogP contribution in [0.25, 0.3) is 0 Å². The van der Waals surface area contributed by atoms with Gasteiger partial charge in [-0.25, -0.2) is 9.18 Å². The lowest BCUT2D eigenvalue weighted by atomic mass is 10.1. The number of carbonyl (C=O) groups is 1. The Morgan fingerprint density at radius 1 is 1.12 bits per heavy atom. The maximum absolute atomic E-state index is 13.7. The van der Waals surface area contributed by atoms with E-state index in [1.54, 1.807) is 20.8 Å². The summed E-state index contributed by atoms with van der Waals surface area (Å²) in [5.74, 6) is -0.381. The van der Waals surface area contributed by atoms with Gasteiger partial charge >= 0.3 is 6.09 Å². The second-order valence-corrected chi connectivity index (χ2v) is 7.10. The average molecular weight is 344 g/mol. The zero-order valence-corrected chi connectivity index (χ0v) is 15.3. The molecule has 0 aliphatic heterocycles. The zero-order chi connectivity index (χ0) is 18.6. The van der Waals surface area contributed by atoms with Crippen molar-refractivity contribution in [1.29, 1.82) is 0 Å². The number of hydrogen-bond acceptors (Lipinski definition) is 3. The summed E-state index contributed by atoms with van der Waals surface area (Å²) in [6.45, 7) is 9.37. The molecule has 0 saturated carbocycles. The van der Waals surface area contributed by atoms with E-state index >= 15 is 0 Å². The van der Waals surface area contributed by atoms with Gasteiger partial charge in [0.25, 0.3) is 0 Å². The van der Waals surface area contributed by atoms with Crippen LogP contribution in [0.1, 0.15) is 44.9 Å². The van der Waals surface area contributed by atoms with Crippen LogP contribution in [-0.4, -0.2) is 11.7 Å². The van der Waals surface area contributed by atoms with E-state index in [1.165, 1.54) is 18.2 Å². The molecule has 1 atom stereocenters.